The van der Waals surface area contributed by atoms with Crippen molar-refractivity contribution in [3.63, 3.8) is 0 Å². The van der Waals surface area contributed by atoms with Gasteiger partial charge in [-0.2, -0.15) is 0 Å². The Kier molecular flexibility index (Phi) is 6.54. The monoisotopic (exact) mass is 394 g/mol. The maximum Gasteiger partial charge on any atom is 0.313 e. The highest BCUT2D eigenvalue weighted by atomic mass is 35.5. The number of benzene rings is 2. The Labute approximate surface area is 163 Å². The van der Waals surface area contributed by atoms with E-state index in [1.54, 1.807) is 18.2 Å². The number of esters is 1. The molecule has 1 atom stereocenters. The van der Waals surface area contributed by atoms with Crippen LogP contribution in [0, 0.1) is 0 Å². The van der Waals surface area contributed by atoms with Crippen LogP contribution in [0.3, 0.4) is 0 Å². The zero-order valence-electron chi connectivity index (χ0n) is 14.4. The van der Waals surface area contributed by atoms with E-state index in [2.05, 4.69) is 0 Å². The first-order valence-corrected chi connectivity index (χ1v) is 9.20. The number of halogens is 2. The third kappa shape index (κ3) is 4.21. The van der Waals surface area contributed by atoms with E-state index in [4.69, 9.17) is 37.4 Å². The molecule has 0 aliphatic carbocycles. The minimum Gasteiger partial charge on any atom is -0.469 e. The molecule has 1 unspecified atom stereocenters. The van der Waals surface area contributed by atoms with Crippen LogP contribution in [-0.2, 0) is 25.4 Å². The van der Waals surface area contributed by atoms with Gasteiger partial charge in [-0.1, -0.05) is 53.5 Å². The number of hydrogen-bond donors (Lipinski definition) is 0. The van der Waals surface area contributed by atoms with Crippen LogP contribution in [0.1, 0.15) is 35.3 Å². The highest BCUT2D eigenvalue weighted by molar-refractivity contribution is 6.36. The van der Waals surface area contributed by atoms with E-state index in [-0.39, 0.29) is 5.97 Å². The summed E-state index contributed by atoms with van der Waals surface area (Å²) >= 11 is 12.6. The van der Waals surface area contributed by atoms with Gasteiger partial charge in [0.1, 0.15) is 0 Å². The van der Waals surface area contributed by atoms with E-state index in [1.165, 1.54) is 7.11 Å². The molecule has 1 heterocycles. The van der Waals surface area contributed by atoms with Crippen molar-refractivity contribution in [2.24, 2.45) is 0 Å². The van der Waals surface area contributed by atoms with E-state index in [1.807, 2.05) is 24.3 Å². The van der Waals surface area contributed by atoms with Gasteiger partial charge in [-0.25, -0.2) is 0 Å². The highest BCUT2D eigenvalue weighted by Gasteiger charge is 2.29. The predicted octanol–water partition coefficient (Wildman–Crippen LogP) is 4.93. The van der Waals surface area contributed by atoms with Crippen molar-refractivity contribution in [2.45, 2.75) is 25.0 Å². The van der Waals surface area contributed by atoms with Crippen molar-refractivity contribution in [2.75, 3.05) is 20.3 Å². The molecule has 2 aromatic rings. The third-order valence-corrected chi connectivity index (χ3v) is 5.12. The third-order valence-electron chi connectivity index (χ3n) is 4.41. The molecule has 26 heavy (non-hydrogen) atoms. The fourth-order valence-corrected chi connectivity index (χ4v) is 3.66. The van der Waals surface area contributed by atoms with E-state index in [9.17, 15) is 4.79 Å². The van der Waals surface area contributed by atoms with Crippen molar-refractivity contribution < 1.29 is 19.0 Å². The van der Waals surface area contributed by atoms with Crippen molar-refractivity contribution >= 4 is 29.2 Å². The molecule has 2 aromatic carbocycles. The Balaban J connectivity index is 2.00. The minimum atomic E-state index is -0.567. The molecule has 0 saturated carbocycles. The lowest BCUT2D eigenvalue weighted by molar-refractivity contribution is -0.183. The molecule has 6 heteroatoms. The van der Waals surface area contributed by atoms with Crippen molar-refractivity contribution in [1.29, 1.82) is 0 Å². The number of rotatable bonds is 5. The summed E-state index contributed by atoms with van der Waals surface area (Å²) in [5.74, 6) is -0.924. The van der Waals surface area contributed by atoms with E-state index in [0.29, 0.717) is 35.2 Å². The Bertz CT molecular complexity index is 752. The first kappa shape index (κ1) is 19.2. The maximum atomic E-state index is 12.6. The highest BCUT2D eigenvalue weighted by Crippen LogP contribution is 2.35. The summed E-state index contributed by atoms with van der Waals surface area (Å²) in [4.78, 5) is 12.6. The molecule has 0 amide bonds. The molecule has 0 radical (unpaired) electrons. The van der Waals surface area contributed by atoms with Crippen LogP contribution in [0.15, 0.2) is 42.5 Å². The van der Waals surface area contributed by atoms with Gasteiger partial charge in [-0.15, -0.1) is 0 Å². The van der Waals surface area contributed by atoms with Crippen LogP contribution in [0.4, 0.5) is 0 Å². The average molecular weight is 395 g/mol. The largest absolute Gasteiger partial charge is 0.469 e. The van der Waals surface area contributed by atoms with Crippen LogP contribution >= 0.6 is 23.2 Å². The van der Waals surface area contributed by atoms with Crippen molar-refractivity contribution in [3.8, 4) is 0 Å². The summed E-state index contributed by atoms with van der Waals surface area (Å²) in [6, 6.07) is 12.9. The second-order valence-corrected chi connectivity index (χ2v) is 6.85. The molecule has 0 spiro atoms. The van der Waals surface area contributed by atoms with Gasteiger partial charge in [-0.05, 0) is 36.1 Å². The lowest BCUT2D eigenvalue weighted by atomic mass is 9.88. The molecule has 1 fully saturated rings. The summed E-state index contributed by atoms with van der Waals surface area (Å²) in [6.07, 6.45) is 0.692. The summed E-state index contributed by atoms with van der Waals surface area (Å²) in [5.41, 5.74) is 2.33. The van der Waals surface area contributed by atoms with Gasteiger partial charge >= 0.3 is 5.97 Å². The molecular formula is C20H20Cl2O4. The summed E-state index contributed by atoms with van der Waals surface area (Å²) in [6.45, 7) is 1.25. The maximum absolute atomic E-state index is 12.6. The number of carbonyl (C=O) groups is 1. The zero-order chi connectivity index (χ0) is 18.5. The molecule has 0 N–H and O–H groups in total. The van der Waals surface area contributed by atoms with E-state index >= 15 is 0 Å². The van der Waals surface area contributed by atoms with Gasteiger partial charge in [0.15, 0.2) is 6.29 Å². The fourth-order valence-electron chi connectivity index (χ4n) is 3.10. The van der Waals surface area contributed by atoms with E-state index in [0.717, 1.165) is 17.5 Å². The topological polar surface area (TPSA) is 44.8 Å². The molecule has 3 rings (SSSR count). The van der Waals surface area contributed by atoms with Gasteiger partial charge in [0, 0.05) is 15.6 Å². The lowest BCUT2D eigenvalue weighted by Gasteiger charge is -2.27. The average Bonchev–Trinajstić information content (AvgIpc) is 2.68. The van der Waals surface area contributed by atoms with Gasteiger partial charge in [-0.3, -0.25) is 4.79 Å². The van der Waals surface area contributed by atoms with Crippen LogP contribution in [0.5, 0.6) is 0 Å². The smallest absolute Gasteiger partial charge is 0.313 e. The predicted molar refractivity (Wildman–Crippen MR) is 101 cm³/mol. The molecular weight excluding hydrogens is 375 g/mol. The van der Waals surface area contributed by atoms with Crippen molar-refractivity contribution in [3.05, 3.63) is 69.2 Å². The Morgan fingerprint density at radius 2 is 1.77 bits per heavy atom. The van der Waals surface area contributed by atoms with Crippen LogP contribution in [-0.4, -0.2) is 26.3 Å². The molecule has 1 aliphatic rings. The lowest BCUT2D eigenvalue weighted by Crippen LogP contribution is -2.23. The molecule has 0 bridgehead atoms. The first-order valence-electron chi connectivity index (χ1n) is 8.44. The number of ether oxygens (including phenoxy) is 3. The van der Waals surface area contributed by atoms with E-state index < -0.39 is 12.2 Å². The zero-order valence-corrected chi connectivity index (χ0v) is 15.9. The summed E-state index contributed by atoms with van der Waals surface area (Å²) in [5, 5.41) is 1.04. The van der Waals surface area contributed by atoms with Gasteiger partial charge in [0.25, 0.3) is 0 Å². The Morgan fingerprint density at radius 1 is 1.12 bits per heavy atom. The van der Waals surface area contributed by atoms with Gasteiger partial charge in [0.05, 0.1) is 26.2 Å². The SMILES string of the molecule is COC(=O)C(Cc1c(Cl)cccc1Cl)c1ccccc1C1OCCCO1. The fraction of sp³-hybridized carbons (Fsp3) is 0.350. The molecule has 4 nitrogen and oxygen atoms in total. The molecule has 1 saturated heterocycles. The first-order chi connectivity index (χ1) is 12.6. The molecule has 1 aliphatic heterocycles. The van der Waals surface area contributed by atoms with Crippen LogP contribution < -0.4 is 0 Å². The number of hydrogen-bond acceptors (Lipinski definition) is 4. The molecule has 138 valence electrons. The Morgan fingerprint density at radius 3 is 2.42 bits per heavy atom. The number of carbonyl (C=O) groups excluding carboxylic acids is 1. The number of methoxy groups -OCH3 is 1. The van der Waals surface area contributed by atoms with Crippen LogP contribution in [0.2, 0.25) is 10.0 Å². The standard InChI is InChI=1S/C20H20Cl2O4/c1-24-19(23)15(12-16-17(21)8-4-9-18(16)22)13-6-2-3-7-14(13)20-25-10-5-11-26-20/h2-4,6-9,15,20H,5,10-12H2,1H3. The van der Waals surface area contributed by atoms with Gasteiger partial charge < -0.3 is 14.2 Å². The van der Waals surface area contributed by atoms with Gasteiger partial charge in [0.2, 0.25) is 0 Å². The Hall–Kier alpha value is -1.59. The van der Waals surface area contributed by atoms with Crippen LogP contribution in [0.25, 0.3) is 0 Å². The second kappa shape index (κ2) is 8.87. The normalized spacial score (nSPS) is 16.3. The minimum absolute atomic E-state index is 0.328. The summed E-state index contributed by atoms with van der Waals surface area (Å²) < 4.78 is 16.5. The van der Waals surface area contributed by atoms with Crippen molar-refractivity contribution in [1.82, 2.24) is 0 Å². The second-order valence-electron chi connectivity index (χ2n) is 6.04. The summed E-state index contributed by atoms with van der Waals surface area (Å²) in [7, 11) is 1.37. The quantitative estimate of drug-likeness (QED) is 0.674. The molecule has 0 aromatic heterocycles.